The highest BCUT2D eigenvalue weighted by atomic mass is 79.9. The molecule has 0 aliphatic heterocycles. The second-order valence-electron chi connectivity index (χ2n) is 4.74. The maximum atomic E-state index is 12.4. The van der Waals surface area contributed by atoms with Crippen molar-refractivity contribution in [1.82, 2.24) is 9.78 Å². The van der Waals surface area contributed by atoms with Gasteiger partial charge in [-0.1, -0.05) is 0 Å². The van der Waals surface area contributed by atoms with Crippen LogP contribution in [0.25, 0.3) is 0 Å². The normalized spacial score (nSPS) is 17.5. The van der Waals surface area contributed by atoms with Crippen LogP contribution >= 0.6 is 15.9 Å². The number of aromatic nitrogens is 2. The fraction of sp³-hybridized carbons (Fsp3) is 0.667. The maximum absolute atomic E-state index is 12.4. The van der Waals surface area contributed by atoms with Gasteiger partial charge in [0, 0.05) is 13.2 Å². The smallest absolute Gasteiger partial charge is 0.210 e. The first-order valence-corrected chi connectivity index (χ1v) is 6.65. The highest BCUT2D eigenvalue weighted by Gasteiger charge is 2.38. The van der Waals surface area contributed by atoms with Crippen LogP contribution in [0, 0.1) is 5.92 Å². The summed E-state index contributed by atoms with van der Waals surface area (Å²) in [5.41, 5.74) is 0.624. The van der Waals surface area contributed by atoms with E-state index < -0.39 is 0 Å². The predicted molar refractivity (Wildman–Crippen MR) is 68.2 cm³/mol. The minimum Gasteiger partial charge on any atom is -0.373 e. The van der Waals surface area contributed by atoms with Crippen molar-refractivity contribution >= 4 is 21.7 Å². The van der Waals surface area contributed by atoms with E-state index in [1.54, 1.807) is 18.0 Å². The number of Topliss-reactive ketones (excluding diaryl/α,β-unsaturated/α-hetero) is 1. The minimum absolute atomic E-state index is 0.0353. The first kappa shape index (κ1) is 12.8. The zero-order chi connectivity index (χ0) is 12.6. The zero-order valence-corrected chi connectivity index (χ0v) is 11.9. The molecule has 1 unspecified atom stereocenters. The molecule has 94 valence electrons. The molecule has 5 heteroatoms. The van der Waals surface area contributed by atoms with Crippen LogP contribution in [0.2, 0.25) is 0 Å². The van der Waals surface area contributed by atoms with Crippen LogP contribution in [0.1, 0.15) is 43.2 Å². The Balaban J connectivity index is 2.31. The summed E-state index contributed by atoms with van der Waals surface area (Å²) in [5.74, 6) is 0.419. The molecule has 17 heavy (non-hydrogen) atoms. The van der Waals surface area contributed by atoms with Gasteiger partial charge in [-0.25, -0.2) is 0 Å². The Labute approximate surface area is 109 Å². The van der Waals surface area contributed by atoms with Gasteiger partial charge < -0.3 is 4.74 Å². The number of ether oxygens (including phenoxy) is 1. The van der Waals surface area contributed by atoms with Gasteiger partial charge in [0.1, 0.15) is 11.8 Å². The van der Waals surface area contributed by atoms with E-state index in [1.807, 2.05) is 13.8 Å². The summed E-state index contributed by atoms with van der Waals surface area (Å²) < 4.78 is 7.84. The minimum atomic E-state index is -0.319. The number of hydrogen-bond donors (Lipinski definition) is 0. The van der Waals surface area contributed by atoms with E-state index in [0.717, 1.165) is 17.3 Å². The molecule has 0 radical (unpaired) electrons. The topological polar surface area (TPSA) is 44.1 Å². The lowest BCUT2D eigenvalue weighted by molar-refractivity contribution is 0.0526. The van der Waals surface area contributed by atoms with E-state index in [2.05, 4.69) is 21.0 Å². The van der Waals surface area contributed by atoms with Crippen LogP contribution in [0.4, 0.5) is 0 Å². The molecule has 2 rings (SSSR count). The quantitative estimate of drug-likeness (QED) is 0.786. The molecule has 0 amide bonds. The van der Waals surface area contributed by atoms with E-state index in [-0.39, 0.29) is 17.9 Å². The van der Waals surface area contributed by atoms with E-state index >= 15 is 0 Å². The molecular formula is C12H17BrN2O2. The second-order valence-corrected chi connectivity index (χ2v) is 5.59. The zero-order valence-electron chi connectivity index (χ0n) is 10.3. The van der Waals surface area contributed by atoms with Crippen LogP contribution in [-0.2, 0) is 4.74 Å². The van der Waals surface area contributed by atoms with Crippen molar-refractivity contribution in [1.29, 1.82) is 0 Å². The average Bonchev–Trinajstić information content (AvgIpc) is 3.01. The molecule has 0 N–H and O–H groups in total. The highest BCUT2D eigenvalue weighted by Crippen LogP contribution is 2.36. The summed E-state index contributed by atoms with van der Waals surface area (Å²) in [4.78, 5) is 12.4. The fourth-order valence-electron chi connectivity index (χ4n) is 2.01. The van der Waals surface area contributed by atoms with Gasteiger partial charge in [-0.15, -0.1) is 0 Å². The average molecular weight is 301 g/mol. The van der Waals surface area contributed by atoms with Crippen molar-refractivity contribution < 1.29 is 9.53 Å². The number of halogens is 1. The predicted octanol–water partition coefficient (Wildman–Crippen LogP) is 2.83. The Kier molecular flexibility index (Phi) is 3.68. The highest BCUT2D eigenvalue weighted by molar-refractivity contribution is 9.10. The Hall–Kier alpha value is -0.680. The first-order chi connectivity index (χ1) is 8.06. The molecule has 1 aliphatic carbocycles. The number of hydrogen-bond acceptors (Lipinski definition) is 3. The van der Waals surface area contributed by atoms with Gasteiger partial charge in [-0.2, -0.15) is 5.10 Å². The summed E-state index contributed by atoms with van der Waals surface area (Å²) in [5, 5.41) is 4.23. The largest absolute Gasteiger partial charge is 0.373 e. The molecule has 1 aromatic heterocycles. The number of ketones is 1. The molecule has 1 aliphatic rings. The molecule has 1 saturated carbocycles. The van der Waals surface area contributed by atoms with Gasteiger partial charge in [0.25, 0.3) is 0 Å². The first-order valence-electron chi connectivity index (χ1n) is 5.86. The van der Waals surface area contributed by atoms with Crippen LogP contribution in [0.15, 0.2) is 10.7 Å². The lowest BCUT2D eigenvalue weighted by Crippen LogP contribution is -2.28. The molecule has 1 aromatic rings. The molecule has 1 fully saturated rings. The van der Waals surface area contributed by atoms with Gasteiger partial charge in [-0.05, 0) is 48.5 Å². The van der Waals surface area contributed by atoms with Crippen molar-refractivity contribution in [2.45, 2.75) is 38.8 Å². The third-order valence-corrected chi connectivity index (χ3v) is 3.62. The van der Waals surface area contributed by atoms with Crippen molar-refractivity contribution in [3.05, 3.63) is 16.4 Å². The number of nitrogens with zero attached hydrogens (tertiary/aromatic N) is 2. The molecule has 4 nitrogen and oxygen atoms in total. The summed E-state index contributed by atoms with van der Waals surface area (Å²) >= 11 is 3.39. The van der Waals surface area contributed by atoms with Crippen molar-refractivity contribution in [2.75, 3.05) is 7.11 Å². The summed E-state index contributed by atoms with van der Waals surface area (Å²) in [6.07, 6.45) is 3.52. The van der Waals surface area contributed by atoms with Crippen molar-refractivity contribution in [3.63, 3.8) is 0 Å². The van der Waals surface area contributed by atoms with Gasteiger partial charge in [0.15, 0.2) is 0 Å². The maximum Gasteiger partial charge on any atom is 0.210 e. The number of carbonyl (C=O) groups is 1. The lowest BCUT2D eigenvalue weighted by atomic mass is 10.1. The Morgan fingerprint density at radius 2 is 2.24 bits per heavy atom. The Morgan fingerprint density at radius 1 is 1.59 bits per heavy atom. The van der Waals surface area contributed by atoms with Gasteiger partial charge in [0.2, 0.25) is 5.78 Å². The Morgan fingerprint density at radius 3 is 2.71 bits per heavy atom. The molecule has 1 atom stereocenters. The summed E-state index contributed by atoms with van der Waals surface area (Å²) in [6, 6.07) is 0.164. The molecule has 0 spiro atoms. The van der Waals surface area contributed by atoms with Crippen LogP contribution in [0.3, 0.4) is 0 Å². The number of methoxy groups -OCH3 is 1. The van der Waals surface area contributed by atoms with Crippen LogP contribution in [0.5, 0.6) is 0 Å². The van der Waals surface area contributed by atoms with Crippen molar-refractivity contribution in [3.8, 4) is 0 Å². The van der Waals surface area contributed by atoms with E-state index in [1.165, 1.54) is 0 Å². The molecular weight excluding hydrogens is 284 g/mol. The Bertz CT molecular complexity index is 424. The SMILES string of the molecule is COC(C(=O)c1c(Br)cnn1C(C)C)C1CC1. The second kappa shape index (κ2) is 4.90. The van der Waals surface area contributed by atoms with Crippen molar-refractivity contribution in [2.24, 2.45) is 5.92 Å². The van der Waals surface area contributed by atoms with Crippen LogP contribution in [-0.4, -0.2) is 28.8 Å². The summed E-state index contributed by atoms with van der Waals surface area (Å²) in [7, 11) is 1.60. The monoisotopic (exact) mass is 300 g/mol. The summed E-state index contributed by atoms with van der Waals surface area (Å²) in [6.45, 7) is 4.02. The number of rotatable bonds is 5. The van der Waals surface area contributed by atoms with Crippen LogP contribution < -0.4 is 0 Å². The van der Waals surface area contributed by atoms with E-state index in [0.29, 0.717) is 11.6 Å². The van der Waals surface area contributed by atoms with Gasteiger partial charge in [0.05, 0.1) is 10.7 Å². The van der Waals surface area contributed by atoms with Gasteiger partial charge in [-0.3, -0.25) is 9.48 Å². The molecule has 0 bridgehead atoms. The lowest BCUT2D eigenvalue weighted by Gasteiger charge is -2.16. The van der Waals surface area contributed by atoms with E-state index in [4.69, 9.17) is 4.74 Å². The standard InChI is InChI=1S/C12H17BrN2O2/c1-7(2)15-10(9(13)6-14-15)11(16)12(17-3)8-4-5-8/h6-8,12H,4-5H2,1-3H3. The molecule has 1 heterocycles. The fourth-order valence-corrected chi connectivity index (χ4v) is 2.48. The number of carbonyl (C=O) groups excluding carboxylic acids is 1. The third kappa shape index (κ3) is 2.45. The third-order valence-electron chi connectivity index (χ3n) is 3.04. The van der Waals surface area contributed by atoms with Gasteiger partial charge >= 0.3 is 0 Å². The van der Waals surface area contributed by atoms with E-state index in [9.17, 15) is 4.79 Å². The molecule has 0 aromatic carbocycles. The molecule has 0 saturated heterocycles.